The first-order valence-corrected chi connectivity index (χ1v) is 7.33. The lowest BCUT2D eigenvalue weighted by atomic mass is 10.1. The molecule has 1 aromatic heterocycles. The van der Waals surface area contributed by atoms with Gasteiger partial charge in [0.1, 0.15) is 0 Å². The highest BCUT2D eigenvalue weighted by molar-refractivity contribution is 7.07. The highest BCUT2D eigenvalue weighted by atomic mass is 32.1. The minimum atomic E-state index is -0.454. The zero-order valence-corrected chi connectivity index (χ0v) is 12.2. The van der Waals surface area contributed by atoms with Crippen molar-refractivity contribution in [3.8, 4) is 0 Å². The van der Waals surface area contributed by atoms with E-state index in [1.807, 2.05) is 0 Å². The lowest BCUT2D eigenvalue weighted by molar-refractivity contribution is -0.122. The van der Waals surface area contributed by atoms with Crippen molar-refractivity contribution < 1.29 is 4.79 Å². The summed E-state index contributed by atoms with van der Waals surface area (Å²) in [6, 6.07) is 1.89. The predicted octanol–water partition coefficient (Wildman–Crippen LogP) is 1.59. The Kier molecular flexibility index (Phi) is 6.32. The molecule has 1 rings (SSSR count). The molecule has 4 nitrogen and oxygen atoms in total. The van der Waals surface area contributed by atoms with Crippen LogP contribution in [-0.4, -0.2) is 36.5 Å². The van der Waals surface area contributed by atoms with Crippen molar-refractivity contribution in [3.05, 3.63) is 22.4 Å². The summed E-state index contributed by atoms with van der Waals surface area (Å²) in [4.78, 5) is 13.9. The van der Waals surface area contributed by atoms with Crippen LogP contribution < -0.4 is 11.1 Å². The summed E-state index contributed by atoms with van der Waals surface area (Å²) in [7, 11) is 0. The molecule has 0 saturated heterocycles. The van der Waals surface area contributed by atoms with Crippen LogP contribution >= 0.6 is 11.3 Å². The second-order valence-electron chi connectivity index (χ2n) is 4.33. The molecular weight excluding hydrogens is 246 g/mol. The van der Waals surface area contributed by atoms with Crippen molar-refractivity contribution in [2.24, 2.45) is 5.73 Å². The highest BCUT2D eigenvalue weighted by Crippen LogP contribution is 2.22. The molecular formula is C13H23N3OS. The lowest BCUT2D eigenvalue weighted by Crippen LogP contribution is -2.43. The predicted molar refractivity (Wildman–Crippen MR) is 76.6 cm³/mol. The van der Waals surface area contributed by atoms with Crippen molar-refractivity contribution >= 4 is 17.2 Å². The minimum absolute atomic E-state index is 0.0950. The molecule has 1 heterocycles. The zero-order chi connectivity index (χ0) is 13.5. The molecule has 0 bridgehead atoms. The van der Waals surface area contributed by atoms with E-state index in [9.17, 15) is 4.79 Å². The molecule has 2 unspecified atom stereocenters. The second kappa shape index (κ2) is 7.51. The second-order valence-corrected chi connectivity index (χ2v) is 5.11. The smallest absolute Gasteiger partial charge is 0.236 e. The van der Waals surface area contributed by atoms with Crippen LogP contribution in [0.4, 0.5) is 0 Å². The van der Waals surface area contributed by atoms with Gasteiger partial charge < -0.3 is 11.1 Å². The molecule has 2 atom stereocenters. The topological polar surface area (TPSA) is 58.4 Å². The molecule has 0 fully saturated rings. The molecule has 3 N–H and O–H groups in total. The van der Waals surface area contributed by atoms with Gasteiger partial charge in [0.2, 0.25) is 5.91 Å². The molecule has 1 aromatic rings. The van der Waals surface area contributed by atoms with Crippen LogP contribution in [0.25, 0.3) is 0 Å². The van der Waals surface area contributed by atoms with Gasteiger partial charge in [0.05, 0.1) is 12.1 Å². The first-order valence-electron chi connectivity index (χ1n) is 6.39. The Morgan fingerprint density at radius 2 is 2.17 bits per heavy atom. The van der Waals surface area contributed by atoms with Gasteiger partial charge in [-0.15, -0.1) is 0 Å². The quantitative estimate of drug-likeness (QED) is 0.790. The van der Waals surface area contributed by atoms with Gasteiger partial charge in [0, 0.05) is 6.54 Å². The molecule has 0 aliphatic rings. The van der Waals surface area contributed by atoms with E-state index in [1.165, 1.54) is 5.56 Å². The number of rotatable bonds is 7. The number of nitrogens with zero attached hydrogens (tertiary/aromatic N) is 1. The van der Waals surface area contributed by atoms with Gasteiger partial charge >= 0.3 is 0 Å². The zero-order valence-electron chi connectivity index (χ0n) is 11.3. The van der Waals surface area contributed by atoms with E-state index in [0.29, 0.717) is 6.54 Å². The largest absolute Gasteiger partial charge is 0.353 e. The van der Waals surface area contributed by atoms with E-state index in [4.69, 9.17) is 5.73 Å². The summed E-state index contributed by atoms with van der Waals surface area (Å²) in [6.45, 7) is 8.51. The molecule has 0 spiro atoms. The highest BCUT2D eigenvalue weighted by Gasteiger charge is 2.19. The Morgan fingerprint density at radius 3 is 2.61 bits per heavy atom. The fourth-order valence-corrected chi connectivity index (χ4v) is 2.65. The number of hydrogen-bond acceptors (Lipinski definition) is 4. The molecule has 102 valence electrons. The number of hydrogen-bond donors (Lipinski definition) is 2. The number of nitrogens with one attached hydrogen (secondary N) is 1. The molecule has 1 amide bonds. The number of carbonyl (C=O) groups excluding carboxylic acids is 1. The van der Waals surface area contributed by atoms with Crippen molar-refractivity contribution in [2.45, 2.75) is 32.9 Å². The molecule has 0 aliphatic carbocycles. The van der Waals surface area contributed by atoms with Crippen molar-refractivity contribution in [1.29, 1.82) is 0 Å². The Bertz CT molecular complexity index is 347. The van der Waals surface area contributed by atoms with Crippen LogP contribution in [0.1, 0.15) is 32.4 Å². The molecule has 0 aromatic carbocycles. The average Bonchev–Trinajstić information content (AvgIpc) is 2.87. The van der Waals surface area contributed by atoms with E-state index in [2.05, 4.69) is 40.9 Å². The monoisotopic (exact) mass is 269 g/mol. The number of nitrogens with two attached hydrogens (primary N) is 1. The first kappa shape index (κ1) is 15.1. The van der Waals surface area contributed by atoms with E-state index in [-0.39, 0.29) is 11.9 Å². The molecule has 18 heavy (non-hydrogen) atoms. The Hall–Kier alpha value is -0.910. The van der Waals surface area contributed by atoms with Crippen molar-refractivity contribution in [3.63, 3.8) is 0 Å². The third-order valence-electron chi connectivity index (χ3n) is 3.06. The Morgan fingerprint density at radius 1 is 1.50 bits per heavy atom. The maximum atomic E-state index is 11.6. The van der Waals surface area contributed by atoms with Crippen LogP contribution in [-0.2, 0) is 4.79 Å². The fourth-order valence-electron chi connectivity index (χ4n) is 1.95. The third kappa shape index (κ3) is 4.08. The number of carbonyl (C=O) groups is 1. The normalized spacial score (nSPS) is 14.5. The first-order chi connectivity index (χ1) is 8.60. The summed E-state index contributed by atoms with van der Waals surface area (Å²) in [6.07, 6.45) is 0. The summed E-state index contributed by atoms with van der Waals surface area (Å²) >= 11 is 1.68. The van der Waals surface area contributed by atoms with E-state index in [0.717, 1.165) is 13.1 Å². The van der Waals surface area contributed by atoms with E-state index >= 15 is 0 Å². The molecule has 0 saturated carbocycles. The van der Waals surface area contributed by atoms with Crippen LogP contribution in [0, 0.1) is 0 Å². The summed E-state index contributed by atoms with van der Waals surface area (Å²) in [5, 5.41) is 7.13. The standard InChI is InChI=1S/C13H23N3OS/c1-4-16(5-2)12(11-6-7-18-9-11)8-15-13(17)10(3)14/h6-7,9-10,12H,4-5,8,14H2,1-3H3,(H,15,17). The van der Waals surface area contributed by atoms with E-state index in [1.54, 1.807) is 18.3 Å². The van der Waals surface area contributed by atoms with Crippen LogP contribution in [0.15, 0.2) is 16.8 Å². The summed E-state index contributed by atoms with van der Waals surface area (Å²) in [5.41, 5.74) is 6.82. The van der Waals surface area contributed by atoms with Crippen LogP contribution in [0.3, 0.4) is 0 Å². The molecule has 0 radical (unpaired) electrons. The number of thiophene rings is 1. The minimum Gasteiger partial charge on any atom is -0.353 e. The summed E-state index contributed by atoms with van der Waals surface area (Å²) < 4.78 is 0. The summed E-state index contributed by atoms with van der Waals surface area (Å²) in [5.74, 6) is -0.0950. The van der Waals surface area contributed by atoms with Gasteiger partial charge in [0.15, 0.2) is 0 Å². The molecule has 0 aliphatic heterocycles. The average molecular weight is 269 g/mol. The van der Waals surface area contributed by atoms with Crippen molar-refractivity contribution in [1.82, 2.24) is 10.2 Å². The van der Waals surface area contributed by atoms with Crippen LogP contribution in [0.2, 0.25) is 0 Å². The van der Waals surface area contributed by atoms with Gasteiger partial charge in [-0.2, -0.15) is 11.3 Å². The van der Waals surface area contributed by atoms with Gasteiger partial charge in [-0.1, -0.05) is 13.8 Å². The Labute approximate surface area is 113 Å². The SMILES string of the molecule is CCN(CC)C(CNC(=O)C(C)N)c1ccsc1. The van der Waals surface area contributed by atoms with Gasteiger partial charge in [-0.3, -0.25) is 9.69 Å². The van der Waals surface area contributed by atoms with Gasteiger partial charge in [-0.05, 0) is 42.4 Å². The Balaban J connectivity index is 2.70. The van der Waals surface area contributed by atoms with Gasteiger partial charge in [0.25, 0.3) is 0 Å². The fraction of sp³-hybridized carbons (Fsp3) is 0.615. The lowest BCUT2D eigenvalue weighted by Gasteiger charge is -2.29. The van der Waals surface area contributed by atoms with Crippen LogP contribution in [0.5, 0.6) is 0 Å². The third-order valence-corrected chi connectivity index (χ3v) is 3.77. The van der Waals surface area contributed by atoms with Crippen molar-refractivity contribution in [2.75, 3.05) is 19.6 Å². The van der Waals surface area contributed by atoms with E-state index < -0.39 is 6.04 Å². The maximum Gasteiger partial charge on any atom is 0.236 e. The maximum absolute atomic E-state index is 11.6. The van der Waals surface area contributed by atoms with Gasteiger partial charge in [-0.25, -0.2) is 0 Å². The number of amides is 1. The molecule has 5 heteroatoms. The number of likely N-dealkylation sites (N-methyl/N-ethyl adjacent to an activating group) is 1.